The summed E-state index contributed by atoms with van der Waals surface area (Å²) in [6.45, 7) is 6.70. The van der Waals surface area contributed by atoms with Gasteiger partial charge >= 0.3 is 0 Å². The average molecular weight is 385 g/mol. The molecule has 0 bridgehead atoms. The molecule has 0 amide bonds. The van der Waals surface area contributed by atoms with Crippen molar-refractivity contribution in [1.29, 1.82) is 0 Å². The fourth-order valence-corrected chi connectivity index (χ4v) is 4.79. The highest BCUT2D eigenvalue weighted by atomic mass is 16.3. The molecule has 2 saturated heterocycles. The SMILES string of the molecule is OCC1CCN(C[C@H]2CN(Cc3cccc(-c4ccco4)c3)C[C@H]2CO)CC1. The van der Waals surface area contributed by atoms with Gasteiger partial charge in [-0.25, -0.2) is 0 Å². The molecule has 2 aromatic rings. The minimum absolute atomic E-state index is 0.265. The molecule has 0 spiro atoms. The summed E-state index contributed by atoms with van der Waals surface area (Å²) in [5, 5.41) is 19.2. The van der Waals surface area contributed by atoms with Gasteiger partial charge in [0.25, 0.3) is 0 Å². The van der Waals surface area contributed by atoms with Crippen molar-refractivity contribution in [2.75, 3.05) is 45.9 Å². The third kappa shape index (κ3) is 4.66. The number of furan rings is 1. The largest absolute Gasteiger partial charge is 0.464 e. The molecular weight excluding hydrogens is 352 g/mol. The van der Waals surface area contributed by atoms with Gasteiger partial charge in [0.1, 0.15) is 5.76 Å². The van der Waals surface area contributed by atoms with Gasteiger partial charge in [0.2, 0.25) is 0 Å². The van der Waals surface area contributed by atoms with E-state index in [-0.39, 0.29) is 6.61 Å². The highest BCUT2D eigenvalue weighted by Gasteiger charge is 2.34. The molecule has 152 valence electrons. The zero-order valence-corrected chi connectivity index (χ0v) is 16.5. The lowest BCUT2D eigenvalue weighted by Crippen LogP contribution is -2.40. The summed E-state index contributed by atoms with van der Waals surface area (Å²) in [7, 11) is 0. The fraction of sp³-hybridized carbons (Fsp3) is 0.565. The summed E-state index contributed by atoms with van der Waals surface area (Å²) in [6.07, 6.45) is 3.90. The summed E-state index contributed by atoms with van der Waals surface area (Å²) in [5.41, 5.74) is 2.40. The normalized spacial score (nSPS) is 24.8. The molecule has 0 unspecified atom stereocenters. The zero-order valence-electron chi connectivity index (χ0n) is 16.5. The molecule has 4 rings (SSSR count). The van der Waals surface area contributed by atoms with E-state index >= 15 is 0 Å². The van der Waals surface area contributed by atoms with Crippen molar-refractivity contribution < 1.29 is 14.6 Å². The number of hydrogen-bond donors (Lipinski definition) is 2. The predicted octanol–water partition coefficient (Wildman–Crippen LogP) is 2.69. The molecule has 2 aliphatic heterocycles. The standard InChI is InChI=1S/C23H32N2O3/c26-16-18-6-8-24(9-7-18)13-21-14-25(15-22(21)17-27)12-19-3-1-4-20(11-19)23-5-2-10-28-23/h1-5,10-11,18,21-22,26-27H,6-9,12-17H2/t21-,22-/m0/s1. The number of nitrogens with zero attached hydrogens (tertiary/aromatic N) is 2. The number of rotatable bonds is 7. The summed E-state index contributed by atoms with van der Waals surface area (Å²) in [6, 6.07) is 12.5. The highest BCUT2D eigenvalue weighted by molar-refractivity contribution is 5.58. The molecule has 0 aliphatic carbocycles. The Morgan fingerprint density at radius 1 is 0.929 bits per heavy atom. The molecule has 3 heterocycles. The molecule has 5 nitrogen and oxygen atoms in total. The Hall–Kier alpha value is -1.66. The number of piperidine rings is 1. The van der Waals surface area contributed by atoms with Crippen LogP contribution in [-0.2, 0) is 6.54 Å². The molecule has 0 saturated carbocycles. The van der Waals surface area contributed by atoms with Crippen LogP contribution in [-0.4, -0.2) is 66.0 Å². The molecule has 2 fully saturated rings. The van der Waals surface area contributed by atoms with Crippen molar-refractivity contribution in [2.45, 2.75) is 19.4 Å². The number of aliphatic hydroxyl groups excluding tert-OH is 2. The molecule has 2 atom stereocenters. The van der Waals surface area contributed by atoms with Crippen LogP contribution < -0.4 is 0 Å². The molecule has 28 heavy (non-hydrogen) atoms. The lowest BCUT2D eigenvalue weighted by Gasteiger charge is -2.33. The van der Waals surface area contributed by atoms with Crippen LogP contribution in [0.4, 0.5) is 0 Å². The maximum atomic E-state index is 9.91. The van der Waals surface area contributed by atoms with E-state index in [9.17, 15) is 10.2 Å². The Bertz CT molecular complexity index is 725. The zero-order chi connectivity index (χ0) is 19.3. The Morgan fingerprint density at radius 2 is 1.75 bits per heavy atom. The van der Waals surface area contributed by atoms with E-state index in [0.29, 0.717) is 24.4 Å². The maximum absolute atomic E-state index is 9.91. The predicted molar refractivity (Wildman–Crippen MR) is 110 cm³/mol. The summed E-state index contributed by atoms with van der Waals surface area (Å²) >= 11 is 0. The van der Waals surface area contributed by atoms with Gasteiger partial charge in [-0.15, -0.1) is 0 Å². The van der Waals surface area contributed by atoms with Crippen molar-refractivity contribution in [2.24, 2.45) is 17.8 Å². The van der Waals surface area contributed by atoms with E-state index < -0.39 is 0 Å². The molecule has 1 aromatic carbocycles. The lowest BCUT2D eigenvalue weighted by molar-refractivity contribution is 0.106. The lowest BCUT2D eigenvalue weighted by atomic mass is 9.93. The van der Waals surface area contributed by atoms with Gasteiger partial charge in [0.05, 0.1) is 6.26 Å². The minimum Gasteiger partial charge on any atom is -0.464 e. The van der Waals surface area contributed by atoms with Crippen molar-refractivity contribution >= 4 is 0 Å². The van der Waals surface area contributed by atoms with Crippen LogP contribution in [0.5, 0.6) is 0 Å². The van der Waals surface area contributed by atoms with Crippen molar-refractivity contribution in [1.82, 2.24) is 9.80 Å². The van der Waals surface area contributed by atoms with Crippen LogP contribution in [0.25, 0.3) is 11.3 Å². The van der Waals surface area contributed by atoms with Crippen LogP contribution in [0, 0.1) is 17.8 Å². The topological polar surface area (TPSA) is 60.1 Å². The third-order valence-electron chi connectivity index (χ3n) is 6.48. The summed E-state index contributed by atoms with van der Waals surface area (Å²) in [4.78, 5) is 5.01. The Morgan fingerprint density at radius 3 is 2.46 bits per heavy atom. The van der Waals surface area contributed by atoms with Crippen molar-refractivity contribution in [3.05, 3.63) is 48.2 Å². The molecule has 0 radical (unpaired) electrons. The number of aliphatic hydroxyl groups is 2. The van der Waals surface area contributed by atoms with Gasteiger partial charge in [-0.1, -0.05) is 18.2 Å². The Balaban J connectivity index is 1.34. The van der Waals surface area contributed by atoms with E-state index in [1.165, 1.54) is 5.56 Å². The van der Waals surface area contributed by atoms with Gasteiger partial charge in [0.15, 0.2) is 0 Å². The van der Waals surface area contributed by atoms with Crippen LogP contribution in [0.2, 0.25) is 0 Å². The second kappa shape index (κ2) is 9.23. The highest BCUT2D eigenvalue weighted by Crippen LogP contribution is 2.28. The number of likely N-dealkylation sites (tertiary alicyclic amines) is 2. The Labute approximate surface area is 167 Å². The first-order valence-electron chi connectivity index (χ1n) is 10.5. The summed E-state index contributed by atoms with van der Waals surface area (Å²) in [5.74, 6) is 2.25. The van der Waals surface area contributed by atoms with Gasteiger partial charge in [-0.05, 0) is 67.4 Å². The number of hydrogen-bond acceptors (Lipinski definition) is 5. The van der Waals surface area contributed by atoms with Crippen LogP contribution in [0.3, 0.4) is 0 Å². The quantitative estimate of drug-likeness (QED) is 0.769. The fourth-order valence-electron chi connectivity index (χ4n) is 4.79. The van der Waals surface area contributed by atoms with E-state index in [0.717, 1.165) is 63.4 Å². The molecule has 2 aliphatic rings. The smallest absolute Gasteiger partial charge is 0.133 e. The maximum Gasteiger partial charge on any atom is 0.133 e. The van der Waals surface area contributed by atoms with E-state index in [1.54, 1.807) is 6.26 Å². The molecular formula is C23H32N2O3. The average Bonchev–Trinajstić information content (AvgIpc) is 3.39. The van der Waals surface area contributed by atoms with Crippen LogP contribution in [0.15, 0.2) is 47.1 Å². The van der Waals surface area contributed by atoms with Gasteiger partial charge in [0, 0.05) is 45.0 Å². The van der Waals surface area contributed by atoms with Crippen LogP contribution in [0.1, 0.15) is 18.4 Å². The van der Waals surface area contributed by atoms with Crippen LogP contribution >= 0.6 is 0 Å². The molecule has 2 N–H and O–H groups in total. The monoisotopic (exact) mass is 384 g/mol. The number of benzene rings is 1. The third-order valence-corrected chi connectivity index (χ3v) is 6.48. The van der Waals surface area contributed by atoms with Crippen molar-refractivity contribution in [3.8, 4) is 11.3 Å². The minimum atomic E-state index is 0.265. The van der Waals surface area contributed by atoms with Crippen molar-refractivity contribution in [3.63, 3.8) is 0 Å². The van der Waals surface area contributed by atoms with Gasteiger partial charge in [-0.2, -0.15) is 0 Å². The summed E-state index contributed by atoms with van der Waals surface area (Å²) < 4.78 is 5.53. The first kappa shape index (κ1) is 19.6. The first-order valence-corrected chi connectivity index (χ1v) is 10.5. The molecule has 1 aromatic heterocycles. The Kier molecular flexibility index (Phi) is 6.47. The van der Waals surface area contributed by atoms with Gasteiger partial charge in [-0.3, -0.25) is 4.90 Å². The van der Waals surface area contributed by atoms with E-state index in [2.05, 4.69) is 34.1 Å². The first-order chi connectivity index (χ1) is 13.7. The van der Waals surface area contributed by atoms with E-state index in [4.69, 9.17) is 4.42 Å². The second-order valence-electron chi connectivity index (χ2n) is 8.50. The molecule has 5 heteroatoms. The second-order valence-corrected chi connectivity index (χ2v) is 8.50. The van der Waals surface area contributed by atoms with E-state index in [1.807, 2.05) is 12.1 Å². The van der Waals surface area contributed by atoms with Gasteiger partial charge < -0.3 is 19.5 Å².